The zero-order chi connectivity index (χ0) is 25.4. The number of hydrogen-bond donors (Lipinski definition) is 1. The molecule has 1 saturated heterocycles. The van der Waals surface area contributed by atoms with Crippen LogP contribution in [0.4, 0.5) is 33.3 Å². The smallest absolute Gasteiger partial charge is 0.365 e. The summed E-state index contributed by atoms with van der Waals surface area (Å²) in [5, 5.41) is 2.76. The highest BCUT2D eigenvalue weighted by atomic mass is 19.4. The van der Waals surface area contributed by atoms with Gasteiger partial charge in [0.05, 0.1) is 23.2 Å². The molecule has 2 aliphatic heterocycles. The van der Waals surface area contributed by atoms with Gasteiger partial charge in [-0.2, -0.15) is 13.2 Å². The highest BCUT2D eigenvalue weighted by molar-refractivity contribution is 5.82. The van der Waals surface area contributed by atoms with Crippen LogP contribution in [-0.4, -0.2) is 31.6 Å². The van der Waals surface area contributed by atoms with Crippen LogP contribution in [0.2, 0.25) is 0 Å². The number of piperazine rings is 1. The third-order valence-electron chi connectivity index (χ3n) is 6.98. The van der Waals surface area contributed by atoms with Gasteiger partial charge in [-0.25, -0.2) is 8.78 Å². The van der Waals surface area contributed by atoms with Gasteiger partial charge in [0.15, 0.2) is 0 Å². The molecule has 4 nitrogen and oxygen atoms in total. The first-order valence-corrected chi connectivity index (χ1v) is 11.7. The van der Waals surface area contributed by atoms with E-state index in [1.54, 1.807) is 36.4 Å². The second kappa shape index (κ2) is 9.44. The Bertz CT molecular complexity index is 1280. The molecule has 0 saturated carbocycles. The van der Waals surface area contributed by atoms with E-state index < -0.39 is 29.5 Å². The van der Waals surface area contributed by atoms with Crippen LogP contribution in [0.25, 0.3) is 0 Å². The number of hydrogen-bond acceptors (Lipinski definition) is 3. The largest absolute Gasteiger partial charge is 0.416 e. The summed E-state index contributed by atoms with van der Waals surface area (Å²) in [6, 6.07) is 15.7. The lowest BCUT2D eigenvalue weighted by Crippen LogP contribution is -2.61. The first-order chi connectivity index (χ1) is 17.2. The van der Waals surface area contributed by atoms with E-state index in [4.69, 9.17) is 0 Å². The fourth-order valence-corrected chi connectivity index (χ4v) is 5.18. The highest BCUT2D eigenvalue weighted by Crippen LogP contribution is 2.40. The van der Waals surface area contributed by atoms with E-state index in [0.29, 0.717) is 42.1 Å². The monoisotopic (exact) mass is 501 g/mol. The van der Waals surface area contributed by atoms with Crippen LogP contribution in [0.1, 0.15) is 16.7 Å². The molecule has 188 valence electrons. The van der Waals surface area contributed by atoms with Gasteiger partial charge in [0.25, 0.3) is 0 Å². The average molecular weight is 501 g/mol. The molecule has 3 aromatic rings. The van der Waals surface area contributed by atoms with Crippen molar-refractivity contribution in [2.45, 2.75) is 25.2 Å². The van der Waals surface area contributed by atoms with Crippen molar-refractivity contribution in [2.24, 2.45) is 5.92 Å². The maximum absolute atomic E-state index is 14.5. The number of para-hydroxylation sites is 1. The molecule has 1 fully saturated rings. The SMILES string of the molecule is O=C(NCc1ccccc1F)[C@@H]1Cc2cc(C(F)(F)F)ccc2N2CCN(c3ccccc3F)C[C@H]12. The Labute approximate surface area is 205 Å². The van der Waals surface area contributed by atoms with Crippen molar-refractivity contribution in [3.63, 3.8) is 0 Å². The zero-order valence-electron chi connectivity index (χ0n) is 19.2. The molecule has 1 amide bonds. The molecule has 2 atom stereocenters. The highest BCUT2D eigenvalue weighted by Gasteiger charge is 2.43. The number of halogens is 5. The number of amides is 1. The van der Waals surface area contributed by atoms with Gasteiger partial charge < -0.3 is 15.1 Å². The van der Waals surface area contributed by atoms with Crippen LogP contribution < -0.4 is 15.1 Å². The minimum absolute atomic E-state index is 0.0405. The number of anilines is 2. The van der Waals surface area contributed by atoms with E-state index in [-0.39, 0.29) is 24.7 Å². The van der Waals surface area contributed by atoms with Gasteiger partial charge in [0, 0.05) is 37.4 Å². The predicted octanol–water partition coefficient (Wildman–Crippen LogP) is 5.17. The lowest BCUT2D eigenvalue weighted by molar-refractivity contribution is -0.137. The Morgan fingerprint density at radius 2 is 1.64 bits per heavy atom. The van der Waals surface area contributed by atoms with E-state index in [9.17, 15) is 26.7 Å². The normalized spacial score (nSPS) is 19.5. The van der Waals surface area contributed by atoms with Crippen LogP contribution in [0.5, 0.6) is 0 Å². The van der Waals surface area contributed by atoms with Crippen LogP contribution in [-0.2, 0) is 23.9 Å². The molecular weight excluding hydrogens is 477 g/mol. The van der Waals surface area contributed by atoms with Crippen LogP contribution in [0.3, 0.4) is 0 Å². The maximum Gasteiger partial charge on any atom is 0.416 e. The van der Waals surface area contributed by atoms with Crippen LogP contribution in [0.15, 0.2) is 66.7 Å². The van der Waals surface area contributed by atoms with E-state index in [0.717, 1.165) is 12.1 Å². The van der Waals surface area contributed by atoms with Crippen LogP contribution in [0, 0.1) is 17.6 Å². The summed E-state index contributed by atoms with van der Waals surface area (Å²) in [6.07, 6.45) is -4.41. The molecule has 3 aromatic carbocycles. The quantitative estimate of drug-likeness (QED) is 0.502. The molecule has 0 aromatic heterocycles. The Kier molecular flexibility index (Phi) is 6.32. The van der Waals surface area contributed by atoms with Crippen molar-refractivity contribution in [1.29, 1.82) is 0 Å². The number of carbonyl (C=O) groups excluding carboxylic acids is 1. The van der Waals surface area contributed by atoms with Gasteiger partial charge in [0.2, 0.25) is 5.91 Å². The third kappa shape index (κ3) is 4.62. The number of rotatable bonds is 4. The van der Waals surface area contributed by atoms with Gasteiger partial charge in [-0.1, -0.05) is 30.3 Å². The van der Waals surface area contributed by atoms with Gasteiger partial charge in [-0.05, 0) is 48.4 Å². The summed E-state index contributed by atoms with van der Waals surface area (Å²) >= 11 is 0. The van der Waals surface area contributed by atoms with Crippen molar-refractivity contribution in [3.05, 3.63) is 95.1 Å². The Balaban J connectivity index is 1.46. The fourth-order valence-electron chi connectivity index (χ4n) is 5.18. The number of nitrogens with zero attached hydrogens (tertiary/aromatic N) is 2. The summed E-state index contributed by atoms with van der Waals surface area (Å²) in [6.45, 7) is 1.14. The molecule has 2 heterocycles. The molecule has 0 radical (unpaired) electrons. The lowest BCUT2D eigenvalue weighted by Gasteiger charge is -2.49. The molecule has 9 heteroatoms. The zero-order valence-corrected chi connectivity index (χ0v) is 19.2. The molecule has 0 aliphatic carbocycles. The van der Waals surface area contributed by atoms with Crippen molar-refractivity contribution < 1.29 is 26.7 Å². The van der Waals surface area contributed by atoms with Crippen LogP contribution >= 0.6 is 0 Å². The first-order valence-electron chi connectivity index (χ1n) is 11.7. The molecule has 0 unspecified atom stereocenters. The van der Waals surface area contributed by atoms with Gasteiger partial charge in [0.1, 0.15) is 11.6 Å². The Hall–Kier alpha value is -3.62. The fraction of sp³-hybridized carbons (Fsp3) is 0.296. The molecular formula is C27H24F5N3O. The number of nitrogens with one attached hydrogen (secondary N) is 1. The Morgan fingerprint density at radius 3 is 2.36 bits per heavy atom. The number of benzene rings is 3. The lowest BCUT2D eigenvalue weighted by atomic mass is 9.82. The summed E-state index contributed by atoms with van der Waals surface area (Å²) in [5.41, 5.74) is 1.05. The molecule has 5 rings (SSSR count). The van der Waals surface area contributed by atoms with Gasteiger partial charge in [-0.3, -0.25) is 4.79 Å². The summed E-state index contributed by atoms with van der Waals surface area (Å²) in [4.78, 5) is 17.2. The van der Waals surface area contributed by atoms with Gasteiger partial charge >= 0.3 is 6.18 Å². The standard InChI is InChI=1S/C27H24F5N3O/c28-21-6-2-1-5-17(21)15-33-26(36)20-14-18-13-19(27(30,31)32)9-10-23(18)35-12-11-34(16-25(20)35)24-8-4-3-7-22(24)29/h1-10,13,20,25H,11-12,14-16H2,(H,33,36)/t20-,25-/m1/s1. The molecule has 0 spiro atoms. The number of fused-ring (bicyclic) bond motifs is 3. The number of carbonyl (C=O) groups is 1. The summed E-state index contributed by atoms with van der Waals surface area (Å²) in [7, 11) is 0. The Morgan fingerprint density at radius 1 is 0.917 bits per heavy atom. The van der Waals surface area contributed by atoms with Gasteiger partial charge in [-0.15, -0.1) is 0 Å². The second-order valence-corrected chi connectivity index (χ2v) is 9.12. The third-order valence-corrected chi connectivity index (χ3v) is 6.98. The van der Waals surface area contributed by atoms with Crippen molar-refractivity contribution in [3.8, 4) is 0 Å². The van der Waals surface area contributed by atoms with E-state index >= 15 is 0 Å². The predicted molar refractivity (Wildman–Crippen MR) is 127 cm³/mol. The topological polar surface area (TPSA) is 35.6 Å². The van der Waals surface area contributed by atoms with Crippen molar-refractivity contribution >= 4 is 17.3 Å². The van der Waals surface area contributed by atoms with E-state index in [1.807, 2.05) is 9.80 Å². The minimum Gasteiger partial charge on any atom is -0.365 e. The molecule has 2 aliphatic rings. The van der Waals surface area contributed by atoms with E-state index in [2.05, 4.69) is 5.32 Å². The van der Waals surface area contributed by atoms with Crippen molar-refractivity contribution in [2.75, 3.05) is 29.4 Å². The molecule has 1 N–H and O–H groups in total. The second-order valence-electron chi connectivity index (χ2n) is 9.12. The summed E-state index contributed by atoms with van der Waals surface area (Å²) < 4.78 is 68.8. The van der Waals surface area contributed by atoms with Crippen molar-refractivity contribution in [1.82, 2.24) is 5.32 Å². The summed E-state index contributed by atoms with van der Waals surface area (Å²) in [5.74, 6) is -1.92. The maximum atomic E-state index is 14.5. The van der Waals surface area contributed by atoms with E-state index in [1.165, 1.54) is 18.2 Å². The molecule has 0 bridgehead atoms. The first kappa shape index (κ1) is 24.1. The molecule has 36 heavy (non-hydrogen) atoms. The number of alkyl halides is 3. The average Bonchev–Trinajstić information content (AvgIpc) is 2.86. The minimum atomic E-state index is -4.50.